The predicted molar refractivity (Wildman–Crippen MR) is 128 cm³/mol. The molecule has 0 heterocycles. The average Bonchev–Trinajstić information content (AvgIpc) is 2.72. The predicted octanol–water partition coefficient (Wildman–Crippen LogP) is 1.43. The maximum absolute atomic E-state index is 10.5. The molecule has 3 aromatic carbocycles. The minimum Gasteiger partial charge on any atom is -0.744 e. The van der Waals surface area contributed by atoms with E-state index in [1.54, 1.807) is 0 Å². The van der Waals surface area contributed by atoms with Gasteiger partial charge in [0.2, 0.25) is 0 Å². The van der Waals surface area contributed by atoms with E-state index < -0.39 is 30.4 Å². The van der Waals surface area contributed by atoms with Crippen molar-refractivity contribution in [2.24, 2.45) is 0 Å². The Balaban J connectivity index is 0.000000518. The second-order valence-corrected chi connectivity index (χ2v) is 11.3. The number of phenolic OH excluding ortho intramolecular Hbond substituents is 3. The molecule has 0 saturated heterocycles. The summed E-state index contributed by atoms with van der Waals surface area (Å²) in [4.78, 5) is -1.12. The van der Waals surface area contributed by atoms with Gasteiger partial charge < -0.3 is 29.0 Å². The van der Waals surface area contributed by atoms with Crippen LogP contribution < -0.4 is 0 Å². The Morgan fingerprint density at radius 3 is 0.811 bits per heavy atom. The van der Waals surface area contributed by atoms with Gasteiger partial charge in [-0.25, -0.2) is 25.3 Å². The first-order chi connectivity index (χ1) is 16.2. The van der Waals surface area contributed by atoms with Crippen LogP contribution in [0.1, 0.15) is 16.7 Å². The van der Waals surface area contributed by atoms with Crippen molar-refractivity contribution >= 4 is 47.7 Å². The molecular weight excluding hydrogens is 567 g/mol. The van der Waals surface area contributed by atoms with E-state index in [1.165, 1.54) is 57.2 Å². The smallest absolute Gasteiger partial charge is 0.744 e. The molecule has 37 heavy (non-hydrogen) atoms. The maximum Gasteiger partial charge on any atom is 3.00 e. The van der Waals surface area contributed by atoms with Gasteiger partial charge in [-0.3, -0.25) is 0 Å². The summed E-state index contributed by atoms with van der Waals surface area (Å²) in [5.74, 6) is -0.680. The molecule has 0 aliphatic carbocycles. The van der Waals surface area contributed by atoms with Gasteiger partial charge >= 0.3 is 17.4 Å². The summed E-state index contributed by atoms with van der Waals surface area (Å²) in [5.41, 5.74) is 1.01. The SMILES string of the molecule is Cc1ccc(O)cc1S(=O)(=O)[O-].Cc1ccc(O)cc1S(=O)(=O)[O-].Cc1ccc(O)cc1S(=O)(=O)[O-].[Al+3]. The first-order valence-electron chi connectivity index (χ1n) is 9.50. The van der Waals surface area contributed by atoms with E-state index in [0.717, 1.165) is 18.2 Å². The standard InChI is InChI=1S/3C7H8O4S.Al/c3*1-5-2-3-6(8)4-7(5)12(9,10)11;/h3*2-4,8H,1H3,(H,9,10,11);/q;;;+3/p-3. The van der Waals surface area contributed by atoms with Crippen molar-refractivity contribution in [3.8, 4) is 17.2 Å². The molecule has 0 saturated carbocycles. The zero-order valence-electron chi connectivity index (χ0n) is 19.5. The normalized spacial score (nSPS) is 11.2. The van der Waals surface area contributed by atoms with Crippen LogP contribution in [-0.2, 0) is 30.4 Å². The van der Waals surface area contributed by atoms with E-state index in [9.17, 15) is 38.9 Å². The first-order valence-corrected chi connectivity index (χ1v) is 13.7. The van der Waals surface area contributed by atoms with E-state index in [2.05, 4.69) is 0 Å². The minimum absolute atomic E-state index is 0. The fraction of sp³-hybridized carbons (Fsp3) is 0.143. The fourth-order valence-electron chi connectivity index (χ4n) is 2.57. The topological polar surface area (TPSA) is 232 Å². The van der Waals surface area contributed by atoms with Gasteiger partial charge in [0.15, 0.2) is 0 Å². The summed E-state index contributed by atoms with van der Waals surface area (Å²) >= 11 is 0. The summed E-state index contributed by atoms with van der Waals surface area (Å²) in [6.07, 6.45) is 0. The summed E-state index contributed by atoms with van der Waals surface area (Å²) in [7, 11) is -13.4. The molecule has 0 amide bonds. The Morgan fingerprint density at radius 2 is 0.676 bits per heavy atom. The van der Waals surface area contributed by atoms with Crippen molar-refractivity contribution in [3.63, 3.8) is 0 Å². The third kappa shape index (κ3) is 11.1. The van der Waals surface area contributed by atoms with Gasteiger partial charge in [0, 0.05) is 0 Å². The van der Waals surface area contributed by atoms with E-state index >= 15 is 0 Å². The minimum atomic E-state index is -4.47. The van der Waals surface area contributed by atoms with Gasteiger partial charge in [-0.15, -0.1) is 0 Å². The molecule has 16 heteroatoms. The van der Waals surface area contributed by atoms with Crippen LogP contribution >= 0.6 is 0 Å². The summed E-state index contributed by atoms with van der Waals surface area (Å²) in [5, 5.41) is 26.7. The molecule has 0 spiro atoms. The molecular formula is C21H21AlO12S3. The van der Waals surface area contributed by atoms with Crippen molar-refractivity contribution in [3.05, 3.63) is 71.3 Å². The molecule has 0 atom stereocenters. The zero-order chi connectivity index (χ0) is 28.1. The Morgan fingerprint density at radius 1 is 0.486 bits per heavy atom. The summed E-state index contributed by atoms with van der Waals surface area (Å²) in [6.45, 7) is 4.47. The van der Waals surface area contributed by atoms with Crippen LogP contribution in [0.15, 0.2) is 69.3 Å². The monoisotopic (exact) mass is 588 g/mol. The first kappa shape index (κ1) is 34.3. The van der Waals surface area contributed by atoms with Crippen molar-refractivity contribution < 1.29 is 54.2 Å². The van der Waals surface area contributed by atoms with Crippen molar-refractivity contribution in [1.29, 1.82) is 0 Å². The third-order valence-corrected chi connectivity index (χ3v) is 7.26. The molecule has 3 aromatic rings. The molecule has 0 aliphatic rings. The molecule has 0 bridgehead atoms. The molecule has 0 aliphatic heterocycles. The van der Waals surface area contributed by atoms with E-state index in [1.807, 2.05) is 0 Å². The van der Waals surface area contributed by atoms with Gasteiger partial charge in [0.1, 0.15) is 47.6 Å². The second kappa shape index (κ2) is 13.2. The van der Waals surface area contributed by atoms with Crippen LogP contribution in [0.4, 0.5) is 0 Å². The van der Waals surface area contributed by atoms with Crippen molar-refractivity contribution in [1.82, 2.24) is 0 Å². The number of hydrogen-bond donors (Lipinski definition) is 3. The largest absolute Gasteiger partial charge is 3.00 e. The Labute approximate surface area is 225 Å². The number of phenols is 3. The van der Waals surface area contributed by atoms with Gasteiger partial charge in [-0.1, -0.05) is 18.2 Å². The Hall–Kier alpha value is -2.68. The summed E-state index contributed by atoms with van der Waals surface area (Å²) < 4.78 is 94.9. The Kier molecular flexibility index (Phi) is 12.3. The molecule has 0 unspecified atom stereocenters. The molecule has 3 rings (SSSR count). The van der Waals surface area contributed by atoms with Crippen molar-refractivity contribution in [2.75, 3.05) is 0 Å². The van der Waals surface area contributed by atoms with E-state index in [0.29, 0.717) is 16.7 Å². The zero-order valence-corrected chi connectivity index (χ0v) is 23.1. The number of aryl methyl sites for hydroxylation is 3. The molecule has 12 nitrogen and oxygen atoms in total. The van der Waals surface area contributed by atoms with Gasteiger partial charge in [0.25, 0.3) is 0 Å². The van der Waals surface area contributed by atoms with Crippen LogP contribution in [0.2, 0.25) is 0 Å². The molecule has 0 aromatic heterocycles. The molecule has 3 N–H and O–H groups in total. The van der Waals surface area contributed by atoms with Gasteiger partial charge in [-0.2, -0.15) is 0 Å². The maximum atomic E-state index is 10.5. The van der Waals surface area contributed by atoms with Crippen LogP contribution in [0.25, 0.3) is 0 Å². The average molecular weight is 589 g/mol. The van der Waals surface area contributed by atoms with Gasteiger partial charge in [0.05, 0.1) is 14.7 Å². The number of aromatic hydroxyl groups is 3. The molecule has 0 fully saturated rings. The second-order valence-electron chi connectivity index (χ2n) is 7.21. The van der Waals surface area contributed by atoms with Crippen LogP contribution in [0, 0.1) is 20.8 Å². The van der Waals surface area contributed by atoms with Crippen LogP contribution in [0.5, 0.6) is 17.2 Å². The fourth-order valence-corrected chi connectivity index (χ4v) is 4.76. The Bertz CT molecular complexity index is 1380. The quantitative estimate of drug-likeness (QED) is 0.291. The number of benzene rings is 3. The van der Waals surface area contributed by atoms with Gasteiger partial charge in [-0.05, 0) is 73.9 Å². The molecule has 198 valence electrons. The number of hydrogen-bond acceptors (Lipinski definition) is 12. The van der Waals surface area contributed by atoms with E-state index in [-0.39, 0.29) is 49.3 Å². The van der Waals surface area contributed by atoms with E-state index in [4.69, 9.17) is 15.3 Å². The molecule has 0 radical (unpaired) electrons. The third-order valence-electron chi connectivity index (χ3n) is 4.32. The van der Waals surface area contributed by atoms with Crippen LogP contribution in [0.3, 0.4) is 0 Å². The van der Waals surface area contributed by atoms with Crippen molar-refractivity contribution in [2.45, 2.75) is 35.5 Å². The van der Waals surface area contributed by atoms with Crippen LogP contribution in [-0.4, -0.2) is 71.6 Å². The summed E-state index contributed by atoms with van der Waals surface area (Å²) in [6, 6.07) is 10.9. The number of rotatable bonds is 3.